The minimum atomic E-state index is -0.186. The van der Waals surface area contributed by atoms with Crippen molar-refractivity contribution in [1.82, 2.24) is 9.55 Å². The quantitative estimate of drug-likeness (QED) is 0.559. The van der Waals surface area contributed by atoms with Crippen LogP contribution >= 0.6 is 11.8 Å². The van der Waals surface area contributed by atoms with Gasteiger partial charge in [-0.25, -0.2) is 0 Å². The molecule has 1 aromatic heterocycles. The van der Waals surface area contributed by atoms with Gasteiger partial charge < -0.3 is 0 Å². The molecule has 0 bridgehead atoms. The van der Waals surface area contributed by atoms with Crippen LogP contribution in [0.15, 0.2) is 69.6 Å². The average Bonchev–Trinajstić information content (AvgIpc) is 3.07. The molecule has 1 unspecified atom stereocenters. The van der Waals surface area contributed by atoms with Crippen molar-refractivity contribution in [3.8, 4) is 0 Å². The predicted molar refractivity (Wildman–Crippen MR) is 109 cm³/mol. The van der Waals surface area contributed by atoms with E-state index >= 15 is 0 Å². The summed E-state index contributed by atoms with van der Waals surface area (Å²) in [5.74, 6) is -0.186. The first kappa shape index (κ1) is 17.3. The second-order valence-electron chi connectivity index (χ2n) is 6.86. The van der Waals surface area contributed by atoms with E-state index in [4.69, 9.17) is 4.98 Å². The summed E-state index contributed by atoms with van der Waals surface area (Å²) in [6.45, 7) is 0. The SMILES string of the molecule is Fc1ccc(C2C=C([Se]c3ccccc3)Sc3nc4c(n32)CCCC4)cc1. The summed E-state index contributed by atoms with van der Waals surface area (Å²) in [5, 5.41) is 1.10. The fourth-order valence-corrected chi connectivity index (χ4v) is 7.43. The number of hydrogen-bond acceptors (Lipinski definition) is 2. The van der Waals surface area contributed by atoms with Gasteiger partial charge in [0.2, 0.25) is 0 Å². The number of imidazole rings is 1. The van der Waals surface area contributed by atoms with Crippen LogP contribution < -0.4 is 4.46 Å². The van der Waals surface area contributed by atoms with Gasteiger partial charge >= 0.3 is 169 Å². The van der Waals surface area contributed by atoms with Crippen LogP contribution in [0.5, 0.6) is 0 Å². The van der Waals surface area contributed by atoms with E-state index in [1.54, 1.807) is 12.1 Å². The van der Waals surface area contributed by atoms with Crippen LogP contribution in [0.25, 0.3) is 0 Å². The Morgan fingerprint density at radius 1 is 1.00 bits per heavy atom. The summed E-state index contributed by atoms with van der Waals surface area (Å²) in [5.41, 5.74) is 3.77. The van der Waals surface area contributed by atoms with Gasteiger partial charge in [-0.3, -0.25) is 0 Å². The molecule has 0 saturated heterocycles. The van der Waals surface area contributed by atoms with E-state index in [0.29, 0.717) is 0 Å². The first-order valence-electron chi connectivity index (χ1n) is 9.26. The number of benzene rings is 2. The van der Waals surface area contributed by atoms with Gasteiger partial charge in [-0.1, -0.05) is 0 Å². The zero-order chi connectivity index (χ0) is 18.2. The van der Waals surface area contributed by atoms with Gasteiger partial charge in [0.25, 0.3) is 0 Å². The molecule has 0 amide bonds. The van der Waals surface area contributed by atoms with E-state index < -0.39 is 0 Å². The molecule has 1 atom stereocenters. The standard InChI is InChI=1S/C22H19FN2SSe/c23-16-12-10-15(11-13-16)20-14-21(27-17-6-2-1-3-7-17)26-22-24-18-8-4-5-9-19(18)25(20)22/h1-3,6-7,10-14,20H,4-5,8-9H2. The summed E-state index contributed by atoms with van der Waals surface area (Å²) in [4.78, 5) is 5.00. The van der Waals surface area contributed by atoms with Crippen LogP contribution in [-0.4, -0.2) is 24.5 Å². The molecule has 2 nitrogen and oxygen atoms in total. The Morgan fingerprint density at radius 3 is 2.59 bits per heavy atom. The molecule has 1 aliphatic heterocycles. The summed E-state index contributed by atoms with van der Waals surface area (Å²) >= 11 is 2.07. The number of fused-ring (bicyclic) bond motifs is 3. The summed E-state index contributed by atoms with van der Waals surface area (Å²) in [6, 6.07) is 17.7. The molecule has 0 N–H and O–H groups in total. The molecule has 136 valence electrons. The Morgan fingerprint density at radius 2 is 1.78 bits per heavy atom. The molecular formula is C22H19FN2SSe. The second kappa shape index (κ2) is 7.31. The molecule has 2 aromatic carbocycles. The molecule has 0 spiro atoms. The fourth-order valence-electron chi connectivity index (χ4n) is 3.79. The van der Waals surface area contributed by atoms with Gasteiger partial charge in [0.1, 0.15) is 0 Å². The van der Waals surface area contributed by atoms with Gasteiger partial charge in [0.15, 0.2) is 0 Å². The average molecular weight is 441 g/mol. The molecular weight excluding hydrogens is 422 g/mol. The molecule has 1 aliphatic carbocycles. The minimum absolute atomic E-state index is 0.108. The predicted octanol–water partition coefficient (Wildman–Crippen LogP) is 4.47. The van der Waals surface area contributed by atoms with Gasteiger partial charge in [-0.2, -0.15) is 0 Å². The Bertz CT molecular complexity index is 995. The number of rotatable bonds is 3. The van der Waals surface area contributed by atoms with Crippen LogP contribution in [0.1, 0.15) is 35.8 Å². The molecule has 0 radical (unpaired) electrons. The van der Waals surface area contributed by atoms with Crippen LogP contribution in [-0.2, 0) is 12.8 Å². The molecule has 2 aliphatic rings. The van der Waals surface area contributed by atoms with Crippen molar-refractivity contribution in [2.75, 3.05) is 0 Å². The third-order valence-electron chi connectivity index (χ3n) is 5.07. The van der Waals surface area contributed by atoms with Crippen LogP contribution in [0.2, 0.25) is 0 Å². The fraction of sp³-hybridized carbons (Fsp3) is 0.227. The number of aromatic nitrogens is 2. The number of hydrogen-bond donors (Lipinski definition) is 0. The number of halogens is 1. The summed E-state index contributed by atoms with van der Waals surface area (Å²) in [6.07, 6.45) is 6.99. The van der Waals surface area contributed by atoms with E-state index in [9.17, 15) is 4.39 Å². The van der Waals surface area contributed by atoms with Crippen molar-refractivity contribution in [3.05, 3.63) is 87.2 Å². The van der Waals surface area contributed by atoms with Crippen LogP contribution in [0.3, 0.4) is 0 Å². The van der Waals surface area contributed by atoms with E-state index in [0.717, 1.165) is 23.6 Å². The van der Waals surface area contributed by atoms with Crippen LogP contribution in [0.4, 0.5) is 4.39 Å². The van der Waals surface area contributed by atoms with Gasteiger partial charge in [0.05, 0.1) is 0 Å². The maximum atomic E-state index is 13.5. The molecule has 0 fully saturated rings. The van der Waals surface area contributed by atoms with Crippen molar-refractivity contribution in [1.29, 1.82) is 0 Å². The van der Waals surface area contributed by atoms with Crippen molar-refractivity contribution >= 4 is 31.2 Å². The number of thioether (sulfide) groups is 1. The number of aryl methyl sites for hydroxylation is 1. The van der Waals surface area contributed by atoms with Gasteiger partial charge in [-0.05, 0) is 0 Å². The first-order valence-corrected chi connectivity index (χ1v) is 11.8. The topological polar surface area (TPSA) is 17.8 Å². The summed E-state index contributed by atoms with van der Waals surface area (Å²) in [7, 11) is 0. The summed E-state index contributed by atoms with van der Waals surface area (Å²) < 4.78 is 18.6. The normalized spacial score (nSPS) is 18.6. The molecule has 5 heteroatoms. The molecule has 5 rings (SSSR count). The monoisotopic (exact) mass is 442 g/mol. The Hall–Kier alpha value is -1.81. The first-order chi connectivity index (χ1) is 13.3. The van der Waals surface area contributed by atoms with Crippen molar-refractivity contribution in [3.63, 3.8) is 0 Å². The Labute approximate surface area is 169 Å². The Kier molecular flexibility index (Phi) is 4.68. The van der Waals surface area contributed by atoms with Gasteiger partial charge in [-0.15, -0.1) is 0 Å². The number of allylic oxidation sites excluding steroid dienone is 1. The van der Waals surface area contributed by atoms with Crippen molar-refractivity contribution in [2.45, 2.75) is 36.9 Å². The van der Waals surface area contributed by atoms with Crippen molar-refractivity contribution in [2.24, 2.45) is 0 Å². The molecule has 3 aromatic rings. The van der Waals surface area contributed by atoms with E-state index in [2.05, 4.69) is 41.0 Å². The van der Waals surface area contributed by atoms with Crippen molar-refractivity contribution < 1.29 is 4.39 Å². The second-order valence-corrected chi connectivity index (χ2v) is 10.8. The number of nitrogens with zero attached hydrogens (tertiary/aromatic N) is 2. The van der Waals surface area contributed by atoms with Crippen LogP contribution in [0, 0.1) is 5.82 Å². The van der Waals surface area contributed by atoms with E-state index in [-0.39, 0.29) is 26.8 Å². The van der Waals surface area contributed by atoms with Gasteiger partial charge in [0, 0.05) is 0 Å². The third-order valence-corrected chi connectivity index (χ3v) is 8.61. The molecule has 0 saturated carbocycles. The van der Waals surface area contributed by atoms with E-state index in [1.807, 2.05) is 23.9 Å². The van der Waals surface area contributed by atoms with E-state index in [1.165, 1.54) is 32.5 Å². The molecule has 2 heterocycles. The maximum absolute atomic E-state index is 13.5. The Balaban J connectivity index is 1.58. The zero-order valence-electron chi connectivity index (χ0n) is 14.8. The molecule has 27 heavy (non-hydrogen) atoms. The zero-order valence-corrected chi connectivity index (χ0v) is 17.3. The third kappa shape index (κ3) is 3.40.